The van der Waals surface area contributed by atoms with Crippen molar-refractivity contribution in [1.29, 1.82) is 0 Å². The molecule has 2 nitrogen and oxygen atoms in total. The van der Waals surface area contributed by atoms with Crippen LogP contribution in [0.5, 0.6) is 0 Å². The van der Waals surface area contributed by atoms with Crippen molar-refractivity contribution in [2.75, 3.05) is 19.6 Å². The van der Waals surface area contributed by atoms with Gasteiger partial charge in [0.15, 0.2) is 0 Å². The number of likely N-dealkylation sites (tertiary alicyclic amines) is 1. The molecule has 1 aliphatic rings. The van der Waals surface area contributed by atoms with Gasteiger partial charge in [0, 0.05) is 12.6 Å². The van der Waals surface area contributed by atoms with Crippen LogP contribution in [0.4, 0.5) is 0 Å². The van der Waals surface area contributed by atoms with Crippen LogP contribution in [0.25, 0.3) is 0 Å². The second kappa shape index (κ2) is 6.61. The zero-order chi connectivity index (χ0) is 12.1. The third-order valence-electron chi connectivity index (χ3n) is 4.53. The van der Waals surface area contributed by atoms with Crippen molar-refractivity contribution in [1.82, 2.24) is 4.90 Å². The van der Waals surface area contributed by atoms with Crippen molar-refractivity contribution in [2.45, 2.75) is 53.0 Å². The predicted octanol–water partition coefficient (Wildman–Crippen LogP) is 2.73. The molecule has 2 unspecified atom stereocenters. The maximum Gasteiger partial charge on any atom is 0.0243 e. The summed E-state index contributed by atoms with van der Waals surface area (Å²) in [5.74, 6) is 2.52. The molecule has 1 fully saturated rings. The molecule has 1 rings (SSSR count). The molecule has 2 heteroatoms. The summed E-state index contributed by atoms with van der Waals surface area (Å²) < 4.78 is 0. The minimum Gasteiger partial charge on any atom is -0.329 e. The largest absolute Gasteiger partial charge is 0.329 e. The highest BCUT2D eigenvalue weighted by Gasteiger charge is 2.27. The lowest BCUT2D eigenvalue weighted by atomic mass is 9.85. The van der Waals surface area contributed by atoms with E-state index in [0.717, 1.165) is 24.3 Å². The average Bonchev–Trinajstić information content (AvgIpc) is 2.30. The number of piperidine rings is 1. The van der Waals surface area contributed by atoms with E-state index in [1.807, 2.05) is 0 Å². The number of rotatable bonds is 5. The lowest BCUT2D eigenvalue weighted by Gasteiger charge is -2.40. The lowest BCUT2D eigenvalue weighted by Crippen LogP contribution is -2.48. The number of hydrogen-bond donors (Lipinski definition) is 1. The van der Waals surface area contributed by atoms with Gasteiger partial charge in [-0.2, -0.15) is 0 Å². The molecule has 0 saturated carbocycles. The van der Waals surface area contributed by atoms with Crippen LogP contribution >= 0.6 is 0 Å². The molecule has 0 bridgehead atoms. The van der Waals surface area contributed by atoms with Crippen LogP contribution in [-0.2, 0) is 0 Å². The van der Waals surface area contributed by atoms with Crippen LogP contribution in [0, 0.1) is 17.8 Å². The van der Waals surface area contributed by atoms with E-state index in [1.165, 1.54) is 32.4 Å². The van der Waals surface area contributed by atoms with Crippen molar-refractivity contribution in [2.24, 2.45) is 23.5 Å². The normalized spacial score (nSPS) is 23.6. The zero-order valence-electron chi connectivity index (χ0n) is 11.6. The van der Waals surface area contributed by atoms with E-state index >= 15 is 0 Å². The van der Waals surface area contributed by atoms with Crippen LogP contribution in [0.1, 0.15) is 47.0 Å². The van der Waals surface area contributed by atoms with Crippen LogP contribution in [-0.4, -0.2) is 30.6 Å². The van der Waals surface area contributed by atoms with Crippen molar-refractivity contribution in [3.63, 3.8) is 0 Å². The summed E-state index contributed by atoms with van der Waals surface area (Å²) in [7, 11) is 0. The zero-order valence-corrected chi connectivity index (χ0v) is 11.6. The molecular weight excluding hydrogens is 196 g/mol. The average molecular weight is 226 g/mol. The SMILES string of the molecule is CCC(C)C(CN)N1CCC(C(C)C)CC1. The number of hydrogen-bond acceptors (Lipinski definition) is 2. The Bertz CT molecular complexity index is 183. The molecule has 96 valence electrons. The van der Waals surface area contributed by atoms with Gasteiger partial charge >= 0.3 is 0 Å². The molecule has 0 aromatic heterocycles. The van der Waals surface area contributed by atoms with E-state index in [1.54, 1.807) is 0 Å². The number of nitrogens with zero attached hydrogens (tertiary/aromatic N) is 1. The Labute approximate surface area is 102 Å². The van der Waals surface area contributed by atoms with Gasteiger partial charge in [-0.1, -0.05) is 34.1 Å². The van der Waals surface area contributed by atoms with Crippen molar-refractivity contribution in [3.8, 4) is 0 Å². The van der Waals surface area contributed by atoms with E-state index < -0.39 is 0 Å². The second-order valence-corrected chi connectivity index (χ2v) is 5.81. The number of nitrogens with two attached hydrogens (primary N) is 1. The summed E-state index contributed by atoms with van der Waals surface area (Å²) in [6.07, 6.45) is 3.97. The van der Waals surface area contributed by atoms with Gasteiger partial charge in [0.25, 0.3) is 0 Å². The molecule has 2 atom stereocenters. The first kappa shape index (κ1) is 14.0. The maximum atomic E-state index is 5.93. The minimum atomic E-state index is 0.609. The van der Waals surface area contributed by atoms with E-state index in [0.29, 0.717) is 6.04 Å². The Kier molecular flexibility index (Phi) is 5.77. The molecular formula is C14H30N2. The minimum absolute atomic E-state index is 0.609. The highest BCUT2D eigenvalue weighted by molar-refractivity contribution is 4.82. The summed E-state index contributed by atoms with van der Waals surface area (Å²) in [4.78, 5) is 2.63. The second-order valence-electron chi connectivity index (χ2n) is 5.81. The van der Waals surface area contributed by atoms with Gasteiger partial charge < -0.3 is 5.73 Å². The predicted molar refractivity (Wildman–Crippen MR) is 71.4 cm³/mol. The monoisotopic (exact) mass is 226 g/mol. The smallest absolute Gasteiger partial charge is 0.0243 e. The first-order valence-corrected chi connectivity index (χ1v) is 7.04. The molecule has 1 heterocycles. The Morgan fingerprint density at radius 1 is 1.19 bits per heavy atom. The van der Waals surface area contributed by atoms with Gasteiger partial charge in [0.05, 0.1) is 0 Å². The molecule has 0 aromatic carbocycles. The topological polar surface area (TPSA) is 29.3 Å². The van der Waals surface area contributed by atoms with Crippen LogP contribution in [0.2, 0.25) is 0 Å². The quantitative estimate of drug-likeness (QED) is 0.781. The highest BCUT2D eigenvalue weighted by atomic mass is 15.2. The third-order valence-corrected chi connectivity index (χ3v) is 4.53. The van der Waals surface area contributed by atoms with Crippen molar-refractivity contribution < 1.29 is 0 Å². The molecule has 0 aromatic rings. The first-order valence-electron chi connectivity index (χ1n) is 7.04. The molecule has 0 aliphatic carbocycles. The fraction of sp³-hybridized carbons (Fsp3) is 1.00. The van der Waals surface area contributed by atoms with E-state index in [-0.39, 0.29) is 0 Å². The fourth-order valence-corrected chi connectivity index (χ4v) is 2.93. The molecule has 1 saturated heterocycles. The van der Waals surface area contributed by atoms with Crippen molar-refractivity contribution in [3.05, 3.63) is 0 Å². The van der Waals surface area contributed by atoms with Gasteiger partial charge in [0.1, 0.15) is 0 Å². The van der Waals surface area contributed by atoms with Crippen LogP contribution < -0.4 is 5.73 Å². The first-order chi connectivity index (χ1) is 7.60. The molecule has 16 heavy (non-hydrogen) atoms. The van der Waals surface area contributed by atoms with Gasteiger partial charge in [-0.15, -0.1) is 0 Å². The summed E-state index contributed by atoms with van der Waals surface area (Å²) in [6.45, 7) is 12.7. The summed E-state index contributed by atoms with van der Waals surface area (Å²) >= 11 is 0. The Hall–Kier alpha value is -0.0800. The van der Waals surface area contributed by atoms with E-state index in [9.17, 15) is 0 Å². The van der Waals surface area contributed by atoms with E-state index in [2.05, 4.69) is 32.6 Å². The summed E-state index contributed by atoms with van der Waals surface area (Å²) in [5.41, 5.74) is 5.93. The van der Waals surface area contributed by atoms with Gasteiger partial charge in [-0.25, -0.2) is 0 Å². The van der Waals surface area contributed by atoms with Gasteiger partial charge in [-0.3, -0.25) is 4.90 Å². The highest BCUT2D eigenvalue weighted by Crippen LogP contribution is 2.27. The molecule has 0 amide bonds. The maximum absolute atomic E-state index is 5.93. The standard InChI is InChI=1S/C14H30N2/c1-5-12(4)14(10-15)16-8-6-13(7-9-16)11(2)3/h11-14H,5-10,15H2,1-4H3. The van der Waals surface area contributed by atoms with Crippen molar-refractivity contribution >= 4 is 0 Å². The molecule has 1 aliphatic heterocycles. The van der Waals surface area contributed by atoms with Crippen LogP contribution in [0.3, 0.4) is 0 Å². The molecule has 0 radical (unpaired) electrons. The summed E-state index contributed by atoms with van der Waals surface area (Å²) in [5, 5.41) is 0. The molecule has 0 spiro atoms. The van der Waals surface area contributed by atoms with Gasteiger partial charge in [-0.05, 0) is 43.7 Å². The fourth-order valence-electron chi connectivity index (χ4n) is 2.93. The van der Waals surface area contributed by atoms with Crippen LogP contribution in [0.15, 0.2) is 0 Å². The van der Waals surface area contributed by atoms with Gasteiger partial charge in [0.2, 0.25) is 0 Å². The Morgan fingerprint density at radius 2 is 1.75 bits per heavy atom. The molecule has 2 N–H and O–H groups in total. The van der Waals surface area contributed by atoms with E-state index in [4.69, 9.17) is 5.73 Å². The third kappa shape index (κ3) is 3.46. The Morgan fingerprint density at radius 3 is 2.12 bits per heavy atom. The Balaban J connectivity index is 2.45. The lowest BCUT2D eigenvalue weighted by molar-refractivity contribution is 0.0892. The summed E-state index contributed by atoms with van der Waals surface area (Å²) in [6, 6.07) is 0.609.